The van der Waals surface area contributed by atoms with E-state index in [-0.39, 0.29) is 41.8 Å². The van der Waals surface area contributed by atoms with Crippen LogP contribution in [-0.2, 0) is 14.3 Å². The molecule has 3 amide bonds. The highest BCUT2D eigenvalue weighted by Crippen LogP contribution is 2.36. The number of hydrogen-bond acceptors (Lipinski definition) is 5. The molecule has 0 aromatic heterocycles. The topological polar surface area (TPSA) is 91.0 Å². The number of amides is 3. The zero-order valence-corrected chi connectivity index (χ0v) is 22.7. The van der Waals surface area contributed by atoms with Gasteiger partial charge in [0, 0.05) is 18.3 Å². The Morgan fingerprint density at radius 2 is 1.79 bits per heavy atom. The van der Waals surface area contributed by atoms with E-state index in [9.17, 15) is 23.2 Å². The lowest BCUT2D eigenvalue weighted by Gasteiger charge is -2.42. The SMILES string of the molecule is COC(=O)C1=C(C)NC(=O)N(N(C=O)CCN[C@H]2CC[C@@H](c3ccccc3)CC2)C1c1ccc(F)c(F)c1.Cl. The standard InChI is InChI=1S/C28H32F2N4O4.ClH/c1-18-25(27(36)38-2)26(21-10-13-23(29)24(30)16-21)34(28(37)32-18)33(17-35)15-14-31-22-11-8-20(9-12-22)19-6-4-3-5-7-19;/h3-7,10,13,16-17,20,22,26,31H,8-9,11-12,14-15H2,1-2H3,(H,32,37);1H/t20-,22+,26?;. The lowest BCUT2D eigenvalue weighted by Crippen LogP contribution is -2.57. The number of urea groups is 1. The molecule has 2 aromatic carbocycles. The lowest BCUT2D eigenvalue weighted by atomic mass is 9.82. The van der Waals surface area contributed by atoms with Crippen LogP contribution in [0.4, 0.5) is 13.6 Å². The number of hydrogen-bond donors (Lipinski definition) is 2. The molecule has 39 heavy (non-hydrogen) atoms. The largest absolute Gasteiger partial charge is 0.466 e. The van der Waals surface area contributed by atoms with Crippen molar-refractivity contribution in [2.24, 2.45) is 0 Å². The van der Waals surface area contributed by atoms with Crippen LogP contribution < -0.4 is 10.6 Å². The predicted molar refractivity (Wildman–Crippen MR) is 144 cm³/mol. The minimum absolute atomic E-state index is 0. The number of rotatable bonds is 9. The molecule has 1 aliphatic carbocycles. The zero-order chi connectivity index (χ0) is 27.2. The molecule has 0 radical (unpaired) electrons. The van der Waals surface area contributed by atoms with E-state index in [0.717, 1.165) is 47.8 Å². The average Bonchev–Trinajstić information content (AvgIpc) is 2.93. The molecule has 1 atom stereocenters. The number of ether oxygens (including phenoxy) is 1. The molecule has 4 rings (SSSR count). The number of carbonyl (C=O) groups excluding carboxylic acids is 3. The van der Waals surface area contributed by atoms with Crippen LogP contribution in [0.1, 0.15) is 55.7 Å². The van der Waals surface area contributed by atoms with Gasteiger partial charge in [-0.1, -0.05) is 36.4 Å². The Morgan fingerprint density at radius 1 is 1.10 bits per heavy atom. The Kier molecular flexibility index (Phi) is 10.4. The fraction of sp³-hybridized carbons (Fsp3) is 0.393. The molecule has 1 heterocycles. The maximum atomic E-state index is 14.2. The fourth-order valence-electron chi connectivity index (χ4n) is 5.31. The number of nitrogens with one attached hydrogen (secondary N) is 2. The van der Waals surface area contributed by atoms with Gasteiger partial charge in [0.05, 0.1) is 19.2 Å². The first kappa shape index (κ1) is 30.0. The minimum atomic E-state index is -1.20. The quantitative estimate of drug-likeness (QED) is 0.345. The summed E-state index contributed by atoms with van der Waals surface area (Å²) in [6.45, 7) is 2.01. The molecule has 210 valence electrons. The molecular weight excluding hydrogens is 530 g/mol. The van der Waals surface area contributed by atoms with E-state index >= 15 is 0 Å². The summed E-state index contributed by atoms with van der Waals surface area (Å²) in [4.78, 5) is 37.9. The van der Waals surface area contributed by atoms with Crippen molar-refractivity contribution in [3.63, 3.8) is 0 Å². The van der Waals surface area contributed by atoms with Crippen molar-refractivity contribution in [2.45, 2.75) is 50.6 Å². The van der Waals surface area contributed by atoms with Crippen LogP contribution in [0.25, 0.3) is 0 Å². The highest BCUT2D eigenvalue weighted by atomic mass is 35.5. The molecular formula is C28H33ClF2N4O4. The number of allylic oxidation sites excluding steroid dienone is 1. The van der Waals surface area contributed by atoms with Crippen molar-refractivity contribution in [3.8, 4) is 0 Å². The van der Waals surface area contributed by atoms with Crippen LogP contribution in [0.3, 0.4) is 0 Å². The van der Waals surface area contributed by atoms with Gasteiger partial charge in [0.2, 0.25) is 6.41 Å². The lowest BCUT2D eigenvalue weighted by molar-refractivity contribution is -0.141. The first-order valence-electron chi connectivity index (χ1n) is 12.7. The van der Waals surface area contributed by atoms with Crippen LogP contribution in [0.15, 0.2) is 59.8 Å². The first-order valence-corrected chi connectivity index (χ1v) is 12.7. The minimum Gasteiger partial charge on any atom is -0.466 e. The molecule has 8 nitrogen and oxygen atoms in total. The fourth-order valence-corrected chi connectivity index (χ4v) is 5.31. The van der Waals surface area contributed by atoms with Crippen molar-refractivity contribution >= 4 is 30.8 Å². The third-order valence-electron chi connectivity index (χ3n) is 7.26. The van der Waals surface area contributed by atoms with Crippen LogP contribution in [0.2, 0.25) is 0 Å². The van der Waals surface area contributed by atoms with Crippen molar-refractivity contribution < 1.29 is 27.9 Å². The Labute approximate surface area is 232 Å². The molecule has 2 aliphatic rings. The number of halogens is 3. The summed E-state index contributed by atoms with van der Waals surface area (Å²) < 4.78 is 32.8. The predicted octanol–water partition coefficient (Wildman–Crippen LogP) is 4.59. The summed E-state index contributed by atoms with van der Waals surface area (Å²) in [6, 6.07) is 11.9. The van der Waals surface area contributed by atoms with Crippen molar-refractivity contribution in [3.05, 3.63) is 82.6 Å². The highest BCUT2D eigenvalue weighted by Gasteiger charge is 2.41. The number of benzene rings is 2. The summed E-state index contributed by atoms with van der Waals surface area (Å²) in [5, 5.41) is 8.22. The van der Waals surface area contributed by atoms with E-state index in [1.165, 1.54) is 25.7 Å². The summed E-state index contributed by atoms with van der Waals surface area (Å²) in [7, 11) is 1.18. The first-order chi connectivity index (χ1) is 18.3. The summed E-state index contributed by atoms with van der Waals surface area (Å²) in [5.41, 5.74) is 1.68. The van der Waals surface area contributed by atoms with Crippen molar-refractivity contribution in [1.29, 1.82) is 0 Å². The summed E-state index contributed by atoms with van der Waals surface area (Å²) in [5.74, 6) is -2.44. The van der Waals surface area contributed by atoms with Gasteiger partial charge in [0.25, 0.3) is 0 Å². The second kappa shape index (κ2) is 13.5. The van der Waals surface area contributed by atoms with Crippen molar-refractivity contribution in [2.75, 3.05) is 20.2 Å². The highest BCUT2D eigenvalue weighted by molar-refractivity contribution is 5.95. The maximum Gasteiger partial charge on any atom is 0.341 e. The Morgan fingerprint density at radius 3 is 2.41 bits per heavy atom. The smallest absolute Gasteiger partial charge is 0.341 e. The van der Waals surface area contributed by atoms with E-state index in [1.54, 1.807) is 0 Å². The number of methoxy groups -OCH3 is 1. The molecule has 1 fully saturated rings. The van der Waals surface area contributed by atoms with E-state index in [0.29, 0.717) is 18.9 Å². The molecule has 0 saturated heterocycles. The average molecular weight is 563 g/mol. The van der Waals surface area contributed by atoms with Gasteiger partial charge in [0.15, 0.2) is 11.6 Å². The molecule has 1 aliphatic heterocycles. The van der Waals surface area contributed by atoms with Crippen LogP contribution in [-0.4, -0.2) is 54.7 Å². The van der Waals surface area contributed by atoms with Gasteiger partial charge in [-0.2, -0.15) is 0 Å². The molecule has 11 heteroatoms. The normalized spacial score (nSPS) is 21.1. The van der Waals surface area contributed by atoms with Gasteiger partial charge in [-0.3, -0.25) is 9.80 Å². The second-order valence-corrected chi connectivity index (χ2v) is 9.56. The third-order valence-corrected chi connectivity index (χ3v) is 7.26. The van der Waals surface area contributed by atoms with Gasteiger partial charge in [0.1, 0.15) is 6.04 Å². The Hall–Kier alpha value is -3.50. The Bertz CT molecular complexity index is 1210. The van der Waals surface area contributed by atoms with Crippen molar-refractivity contribution in [1.82, 2.24) is 20.7 Å². The molecule has 0 spiro atoms. The molecule has 2 N–H and O–H groups in total. The van der Waals surface area contributed by atoms with Gasteiger partial charge >= 0.3 is 12.0 Å². The number of esters is 1. The third kappa shape index (κ3) is 6.75. The zero-order valence-electron chi connectivity index (χ0n) is 21.9. The van der Waals surface area contributed by atoms with Gasteiger partial charge in [-0.05, 0) is 61.8 Å². The van der Waals surface area contributed by atoms with Crippen LogP contribution in [0, 0.1) is 11.6 Å². The van der Waals surface area contributed by atoms with Gasteiger partial charge in [-0.15, -0.1) is 12.4 Å². The van der Waals surface area contributed by atoms with E-state index in [1.807, 2.05) is 6.07 Å². The van der Waals surface area contributed by atoms with E-state index < -0.39 is 29.7 Å². The van der Waals surface area contributed by atoms with E-state index in [4.69, 9.17) is 4.74 Å². The molecule has 1 unspecified atom stereocenters. The second-order valence-electron chi connectivity index (χ2n) is 9.56. The van der Waals surface area contributed by atoms with Gasteiger partial charge < -0.3 is 15.4 Å². The van der Waals surface area contributed by atoms with Crippen LogP contribution >= 0.6 is 12.4 Å². The molecule has 0 bridgehead atoms. The van der Waals surface area contributed by atoms with Crippen LogP contribution in [0.5, 0.6) is 0 Å². The number of carbonyl (C=O) groups is 3. The Balaban J connectivity index is 0.00000420. The van der Waals surface area contributed by atoms with E-state index in [2.05, 4.69) is 34.9 Å². The molecule has 2 aromatic rings. The maximum absolute atomic E-state index is 14.2. The summed E-state index contributed by atoms with van der Waals surface area (Å²) >= 11 is 0. The van der Waals surface area contributed by atoms with Gasteiger partial charge in [-0.25, -0.2) is 23.4 Å². The summed E-state index contributed by atoms with van der Waals surface area (Å²) in [6.07, 6.45) is 4.56. The number of nitrogens with zero attached hydrogens (tertiary/aromatic N) is 2. The number of hydrazine groups is 1. The molecule has 1 saturated carbocycles. The monoisotopic (exact) mass is 562 g/mol.